The third-order valence-electron chi connectivity index (χ3n) is 5.70. The molecular weight excluding hydrogens is 418 g/mol. The number of nitrogens with one attached hydrogen (secondary N) is 3. The van der Waals surface area contributed by atoms with Crippen LogP contribution in [-0.2, 0) is 0 Å². The van der Waals surface area contributed by atoms with Crippen molar-refractivity contribution >= 4 is 34.6 Å². The number of benzene rings is 1. The van der Waals surface area contributed by atoms with E-state index >= 15 is 0 Å². The first-order valence-electron chi connectivity index (χ1n) is 11.0. The second-order valence-corrected chi connectivity index (χ2v) is 8.12. The molecule has 3 aromatic heterocycles. The number of hydrogen-bond acceptors (Lipinski definition) is 8. The zero-order valence-corrected chi connectivity index (χ0v) is 18.0. The van der Waals surface area contributed by atoms with E-state index in [4.69, 9.17) is 10.8 Å². The van der Waals surface area contributed by atoms with Gasteiger partial charge in [0.2, 0.25) is 0 Å². The summed E-state index contributed by atoms with van der Waals surface area (Å²) in [7, 11) is 0. The van der Waals surface area contributed by atoms with Gasteiger partial charge in [-0.25, -0.2) is 19.5 Å². The van der Waals surface area contributed by atoms with E-state index in [1.165, 1.54) is 12.5 Å². The van der Waals surface area contributed by atoms with Crippen molar-refractivity contribution in [2.24, 2.45) is 5.73 Å². The maximum absolute atomic E-state index is 13.0. The SMILES string of the molecule is NC1CCC(Nc2cc(Nc3ccccc3)c3ncc(C(=O)Nc4ccncn4)n3n2)CC1. The second-order valence-electron chi connectivity index (χ2n) is 8.12. The van der Waals surface area contributed by atoms with E-state index in [0.29, 0.717) is 23.0 Å². The Bertz CT molecular complexity index is 1240. The first kappa shape index (κ1) is 20.8. The number of para-hydroxylation sites is 1. The molecule has 0 atom stereocenters. The van der Waals surface area contributed by atoms with Gasteiger partial charge in [0.05, 0.1) is 11.9 Å². The average molecular weight is 444 g/mol. The highest BCUT2D eigenvalue weighted by Crippen LogP contribution is 2.27. The molecule has 1 aliphatic carbocycles. The molecule has 5 N–H and O–H groups in total. The summed E-state index contributed by atoms with van der Waals surface area (Å²) in [6.45, 7) is 0. The number of amides is 1. The minimum Gasteiger partial charge on any atom is -0.366 e. The highest BCUT2D eigenvalue weighted by atomic mass is 16.2. The van der Waals surface area contributed by atoms with Crippen LogP contribution >= 0.6 is 0 Å². The van der Waals surface area contributed by atoms with E-state index < -0.39 is 0 Å². The van der Waals surface area contributed by atoms with Crippen LogP contribution in [0.4, 0.5) is 23.0 Å². The molecule has 1 aliphatic rings. The van der Waals surface area contributed by atoms with Crippen LogP contribution in [0, 0.1) is 0 Å². The average Bonchev–Trinajstić information content (AvgIpc) is 3.26. The standard InChI is InChI=1S/C23H25N9O/c24-15-6-8-17(9-7-15)29-21-12-18(28-16-4-2-1-3-5-16)22-26-13-19(32(22)31-21)23(33)30-20-10-11-25-14-27-20/h1-5,10-15,17,28H,6-9,24H2,(H,29,31)(H,25,27,30,33). The number of fused-ring (bicyclic) bond motifs is 1. The van der Waals surface area contributed by atoms with Gasteiger partial charge in [-0.15, -0.1) is 5.10 Å². The maximum atomic E-state index is 13.0. The Morgan fingerprint density at radius 3 is 2.61 bits per heavy atom. The summed E-state index contributed by atoms with van der Waals surface area (Å²) in [6, 6.07) is 13.9. The van der Waals surface area contributed by atoms with Crippen LogP contribution in [-0.4, -0.2) is 42.6 Å². The Kier molecular flexibility index (Phi) is 5.81. The summed E-state index contributed by atoms with van der Waals surface area (Å²) in [5.74, 6) is 0.705. The van der Waals surface area contributed by atoms with Gasteiger partial charge >= 0.3 is 0 Å². The number of carbonyl (C=O) groups excluding carboxylic acids is 1. The van der Waals surface area contributed by atoms with Crippen LogP contribution in [0.5, 0.6) is 0 Å². The lowest BCUT2D eigenvalue weighted by Gasteiger charge is -2.27. The number of nitrogens with two attached hydrogens (primary N) is 1. The monoisotopic (exact) mass is 443 g/mol. The normalized spacial score (nSPS) is 18.1. The Balaban J connectivity index is 1.49. The van der Waals surface area contributed by atoms with E-state index in [0.717, 1.165) is 37.1 Å². The van der Waals surface area contributed by atoms with Crippen molar-refractivity contribution in [3.05, 3.63) is 66.9 Å². The lowest BCUT2D eigenvalue weighted by molar-refractivity contribution is 0.102. The number of hydrogen-bond donors (Lipinski definition) is 4. The predicted octanol–water partition coefficient (Wildman–Crippen LogP) is 3.20. The first-order valence-corrected chi connectivity index (χ1v) is 11.0. The van der Waals surface area contributed by atoms with Gasteiger partial charge in [-0.2, -0.15) is 0 Å². The zero-order chi connectivity index (χ0) is 22.6. The van der Waals surface area contributed by atoms with Crippen molar-refractivity contribution < 1.29 is 4.79 Å². The van der Waals surface area contributed by atoms with Crippen molar-refractivity contribution in [1.29, 1.82) is 0 Å². The van der Waals surface area contributed by atoms with Gasteiger partial charge < -0.3 is 21.7 Å². The molecule has 0 aliphatic heterocycles. The molecule has 0 bridgehead atoms. The molecule has 0 spiro atoms. The molecule has 4 aromatic rings. The fourth-order valence-electron chi connectivity index (χ4n) is 3.98. The largest absolute Gasteiger partial charge is 0.366 e. The Morgan fingerprint density at radius 2 is 1.85 bits per heavy atom. The fraction of sp³-hybridized carbons (Fsp3) is 0.261. The highest BCUT2D eigenvalue weighted by molar-refractivity contribution is 6.03. The minimum absolute atomic E-state index is 0.263. The molecule has 1 fully saturated rings. The summed E-state index contributed by atoms with van der Waals surface area (Å²) in [5.41, 5.74) is 8.56. The van der Waals surface area contributed by atoms with E-state index in [-0.39, 0.29) is 18.0 Å². The summed E-state index contributed by atoms with van der Waals surface area (Å²) >= 11 is 0. The molecule has 10 heteroatoms. The fourth-order valence-corrected chi connectivity index (χ4v) is 3.98. The second kappa shape index (κ2) is 9.21. The molecule has 0 radical (unpaired) electrons. The van der Waals surface area contributed by atoms with Crippen molar-refractivity contribution in [2.45, 2.75) is 37.8 Å². The molecule has 1 aromatic carbocycles. The predicted molar refractivity (Wildman–Crippen MR) is 127 cm³/mol. The molecule has 1 amide bonds. The molecule has 5 rings (SSSR count). The van der Waals surface area contributed by atoms with Crippen LogP contribution in [0.2, 0.25) is 0 Å². The zero-order valence-electron chi connectivity index (χ0n) is 18.0. The molecule has 0 unspecified atom stereocenters. The third kappa shape index (κ3) is 4.75. The summed E-state index contributed by atoms with van der Waals surface area (Å²) in [6.07, 6.45) is 8.37. The van der Waals surface area contributed by atoms with Gasteiger partial charge in [-0.3, -0.25) is 4.79 Å². The summed E-state index contributed by atoms with van der Waals surface area (Å²) < 4.78 is 1.55. The van der Waals surface area contributed by atoms with Crippen molar-refractivity contribution in [3.8, 4) is 0 Å². The molecule has 10 nitrogen and oxygen atoms in total. The number of imidazole rings is 1. The van der Waals surface area contributed by atoms with E-state index in [9.17, 15) is 4.79 Å². The van der Waals surface area contributed by atoms with Crippen molar-refractivity contribution in [3.63, 3.8) is 0 Å². The topological polar surface area (TPSA) is 135 Å². The quantitative estimate of drug-likeness (QED) is 0.357. The summed E-state index contributed by atoms with van der Waals surface area (Å²) in [4.78, 5) is 25.4. The van der Waals surface area contributed by atoms with E-state index in [1.54, 1.807) is 16.8 Å². The number of aromatic nitrogens is 5. The maximum Gasteiger partial charge on any atom is 0.277 e. The van der Waals surface area contributed by atoms with Gasteiger partial charge in [-0.05, 0) is 43.9 Å². The van der Waals surface area contributed by atoms with Gasteiger partial charge in [0.1, 0.15) is 18.0 Å². The van der Waals surface area contributed by atoms with Gasteiger partial charge in [0.15, 0.2) is 11.3 Å². The van der Waals surface area contributed by atoms with Crippen LogP contribution in [0.25, 0.3) is 5.65 Å². The molecule has 3 heterocycles. The van der Waals surface area contributed by atoms with Gasteiger partial charge in [0.25, 0.3) is 5.91 Å². The van der Waals surface area contributed by atoms with Crippen LogP contribution in [0.15, 0.2) is 61.2 Å². The van der Waals surface area contributed by atoms with Crippen LogP contribution < -0.4 is 21.7 Å². The lowest BCUT2D eigenvalue weighted by atomic mass is 9.92. The molecule has 168 valence electrons. The molecule has 33 heavy (non-hydrogen) atoms. The van der Waals surface area contributed by atoms with Gasteiger partial charge in [0, 0.05) is 30.0 Å². The van der Waals surface area contributed by atoms with Crippen LogP contribution in [0.3, 0.4) is 0 Å². The van der Waals surface area contributed by atoms with E-state index in [1.807, 2.05) is 36.4 Å². The smallest absolute Gasteiger partial charge is 0.277 e. The summed E-state index contributed by atoms with van der Waals surface area (Å²) in [5, 5.41) is 14.4. The van der Waals surface area contributed by atoms with Crippen LogP contribution in [0.1, 0.15) is 36.2 Å². The number of rotatable bonds is 6. The Hall–Kier alpha value is -4.05. The van der Waals surface area contributed by atoms with E-state index in [2.05, 4.69) is 30.9 Å². The molecule has 1 saturated carbocycles. The molecule has 0 saturated heterocycles. The van der Waals surface area contributed by atoms with Crippen molar-refractivity contribution in [2.75, 3.05) is 16.0 Å². The number of nitrogens with zero attached hydrogens (tertiary/aromatic N) is 5. The number of anilines is 4. The highest BCUT2D eigenvalue weighted by Gasteiger charge is 2.21. The van der Waals surface area contributed by atoms with Crippen molar-refractivity contribution in [1.82, 2.24) is 24.6 Å². The Morgan fingerprint density at radius 1 is 1.03 bits per heavy atom. The Labute approximate surface area is 190 Å². The number of carbonyl (C=O) groups is 1. The minimum atomic E-state index is -0.361. The lowest BCUT2D eigenvalue weighted by Crippen LogP contribution is -2.33. The molecular formula is C23H25N9O. The van der Waals surface area contributed by atoms with Gasteiger partial charge in [-0.1, -0.05) is 18.2 Å². The first-order chi connectivity index (χ1) is 16.2. The third-order valence-corrected chi connectivity index (χ3v) is 5.70.